The summed E-state index contributed by atoms with van der Waals surface area (Å²) in [6, 6.07) is 24.4. The SMILES string of the molecule is O=C(COC(c1cccc2ccccc12)C1CCCCN1S(=O)O)NCC1CCCN(Cc2ccccc2)C1. The monoisotopic (exact) mass is 549 g/mol. The lowest BCUT2D eigenvalue weighted by atomic mass is 9.91. The minimum atomic E-state index is -2.10. The zero-order valence-corrected chi connectivity index (χ0v) is 23.2. The van der Waals surface area contributed by atoms with E-state index in [1.165, 1.54) is 5.56 Å². The number of nitrogens with zero attached hydrogens (tertiary/aromatic N) is 2. The molecule has 5 rings (SSSR count). The first-order valence-electron chi connectivity index (χ1n) is 14.1. The first-order valence-corrected chi connectivity index (χ1v) is 15.1. The molecule has 0 aromatic heterocycles. The molecular formula is C31H39N3O4S. The Morgan fingerprint density at radius 1 is 0.974 bits per heavy atom. The second-order valence-electron chi connectivity index (χ2n) is 10.8. The van der Waals surface area contributed by atoms with Crippen LogP contribution in [0.5, 0.6) is 0 Å². The Hall–Kier alpha value is -2.62. The summed E-state index contributed by atoms with van der Waals surface area (Å²) in [7, 11) is 0. The standard InChI is InChI=1S/C31H39N3O4S/c35-30(32-20-25-12-9-18-33(22-25)21-24-10-2-1-3-11-24)23-38-31(29-17-6-7-19-34(29)39(36)37)28-16-8-14-26-13-4-5-15-27(26)28/h1-5,8,10-11,13-16,25,29,31H,6-7,9,12,17-23H2,(H,32,35)(H,36,37). The van der Waals surface area contributed by atoms with Crippen LogP contribution in [0.25, 0.3) is 10.8 Å². The van der Waals surface area contributed by atoms with Crippen molar-refractivity contribution in [3.8, 4) is 0 Å². The van der Waals surface area contributed by atoms with Gasteiger partial charge in [-0.1, -0.05) is 79.2 Å². The summed E-state index contributed by atoms with van der Waals surface area (Å²) in [6.45, 7) is 4.06. The minimum absolute atomic E-state index is 0.0866. The molecule has 0 radical (unpaired) electrons. The summed E-state index contributed by atoms with van der Waals surface area (Å²) >= 11 is -2.10. The van der Waals surface area contributed by atoms with Crippen LogP contribution in [0.15, 0.2) is 72.8 Å². The predicted molar refractivity (Wildman–Crippen MR) is 155 cm³/mol. The van der Waals surface area contributed by atoms with Crippen molar-refractivity contribution < 1.29 is 18.3 Å². The second kappa shape index (κ2) is 13.6. The molecule has 1 amide bonds. The zero-order valence-electron chi connectivity index (χ0n) is 22.4. The van der Waals surface area contributed by atoms with Gasteiger partial charge in [-0.3, -0.25) is 14.2 Å². The lowest BCUT2D eigenvalue weighted by Crippen LogP contribution is -2.46. The highest BCUT2D eigenvalue weighted by Gasteiger charge is 2.36. The van der Waals surface area contributed by atoms with Crippen molar-refractivity contribution in [2.75, 3.05) is 32.8 Å². The number of piperidine rings is 2. The molecule has 2 N–H and O–H groups in total. The van der Waals surface area contributed by atoms with E-state index in [-0.39, 0.29) is 18.6 Å². The smallest absolute Gasteiger partial charge is 0.246 e. The highest BCUT2D eigenvalue weighted by Crippen LogP contribution is 2.35. The zero-order chi connectivity index (χ0) is 27.0. The van der Waals surface area contributed by atoms with Gasteiger partial charge in [0.05, 0.1) is 6.04 Å². The van der Waals surface area contributed by atoms with Crippen molar-refractivity contribution in [2.24, 2.45) is 5.92 Å². The molecule has 2 saturated heterocycles. The normalized spacial score (nSPS) is 22.4. The van der Waals surface area contributed by atoms with Crippen LogP contribution < -0.4 is 5.32 Å². The fourth-order valence-electron chi connectivity index (χ4n) is 6.11. The van der Waals surface area contributed by atoms with Crippen LogP contribution in [0, 0.1) is 5.92 Å². The fourth-order valence-corrected chi connectivity index (χ4v) is 6.84. The topological polar surface area (TPSA) is 82.1 Å². The third-order valence-electron chi connectivity index (χ3n) is 8.01. The molecule has 7 nitrogen and oxygen atoms in total. The summed E-state index contributed by atoms with van der Waals surface area (Å²) in [5, 5.41) is 5.23. The van der Waals surface area contributed by atoms with Crippen LogP contribution in [0.2, 0.25) is 0 Å². The van der Waals surface area contributed by atoms with E-state index >= 15 is 0 Å². The Labute approximate surface area is 233 Å². The number of likely N-dealkylation sites (tertiary alicyclic amines) is 1. The summed E-state index contributed by atoms with van der Waals surface area (Å²) in [5.41, 5.74) is 2.27. The van der Waals surface area contributed by atoms with E-state index in [2.05, 4.69) is 52.7 Å². The largest absolute Gasteiger partial charge is 0.362 e. The van der Waals surface area contributed by atoms with Crippen LogP contribution in [0.3, 0.4) is 0 Å². The van der Waals surface area contributed by atoms with Crippen LogP contribution in [-0.4, -0.2) is 62.7 Å². The number of rotatable bonds is 10. The van der Waals surface area contributed by atoms with Crippen molar-refractivity contribution in [1.82, 2.24) is 14.5 Å². The van der Waals surface area contributed by atoms with Crippen LogP contribution in [0.4, 0.5) is 0 Å². The van der Waals surface area contributed by atoms with E-state index in [1.807, 2.05) is 30.3 Å². The second-order valence-corrected chi connectivity index (χ2v) is 11.7. The molecule has 2 aliphatic heterocycles. The number of amides is 1. The maximum Gasteiger partial charge on any atom is 0.246 e. The van der Waals surface area contributed by atoms with Crippen LogP contribution >= 0.6 is 0 Å². The highest BCUT2D eigenvalue weighted by atomic mass is 32.2. The van der Waals surface area contributed by atoms with Crippen molar-refractivity contribution in [3.05, 3.63) is 83.9 Å². The number of benzene rings is 3. The number of ether oxygens (including phenoxy) is 1. The number of fused-ring (bicyclic) bond motifs is 1. The van der Waals surface area contributed by atoms with Gasteiger partial charge in [-0.05, 0) is 60.0 Å². The van der Waals surface area contributed by atoms with E-state index in [1.54, 1.807) is 4.31 Å². The molecular weight excluding hydrogens is 510 g/mol. The number of hydrogen-bond acceptors (Lipinski definition) is 4. The molecule has 2 fully saturated rings. The molecule has 4 atom stereocenters. The quantitative estimate of drug-likeness (QED) is 0.351. The van der Waals surface area contributed by atoms with Gasteiger partial charge in [-0.25, -0.2) is 4.21 Å². The Morgan fingerprint density at radius 3 is 2.62 bits per heavy atom. The Kier molecular flexibility index (Phi) is 9.76. The molecule has 39 heavy (non-hydrogen) atoms. The molecule has 8 heteroatoms. The minimum Gasteiger partial charge on any atom is -0.362 e. The Morgan fingerprint density at radius 2 is 1.77 bits per heavy atom. The van der Waals surface area contributed by atoms with E-state index in [9.17, 15) is 13.6 Å². The lowest BCUT2D eigenvalue weighted by Gasteiger charge is -2.38. The molecule has 3 aromatic carbocycles. The average Bonchev–Trinajstić information content (AvgIpc) is 2.97. The molecule has 208 valence electrons. The molecule has 2 aliphatic rings. The van der Waals surface area contributed by atoms with Gasteiger partial charge in [0.15, 0.2) is 0 Å². The van der Waals surface area contributed by atoms with Crippen LogP contribution in [-0.2, 0) is 27.3 Å². The number of nitrogens with one attached hydrogen (secondary N) is 1. The van der Waals surface area contributed by atoms with Crippen molar-refractivity contribution in [2.45, 2.75) is 50.8 Å². The summed E-state index contributed by atoms with van der Waals surface area (Å²) in [5.74, 6) is 0.263. The molecule has 0 saturated carbocycles. The van der Waals surface area contributed by atoms with Crippen LogP contribution in [0.1, 0.15) is 49.3 Å². The average molecular weight is 550 g/mol. The third-order valence-corrected chi connectivity index (χ3v) is 8.87. The molecule has 3 aromatic rings. The third kappa shape index (κ3) is 7.32. The van der Waals surface area contributed by atoms with Gasteiger partial charge >= 0.3 is 0 Å². The summed E-state index contributed by atoms with van der Waals surface area (Å²) < 4.78 is 30.2. The Bertz CT molecular complexity index is 1250. The lowest BCUT2D eigenvalue weighted by molar-refractivity contribution is -0.129. The maximum atomic E-state index is 13.0. The molecule has 0 spiro atoms. The van der Waals surface area contributed by atoms with Crippen molar-refractivity contribution in [1.29, 1.82) is 0 Å². The van der Waals surface area contributed by atoms with E-state index < -0.39 is 17.4 Å². The summed E-state index contributed by atoms with van der Waals surface area (Å²) in [4.78, 5) is 15.5. The first-order chi connectivity index (χ1) is 19.1. The van der Waals surface area contributed by atoms with Gasteiger partial charge in [0, 0.05) is 26.2 Å². The Balaban J connectivity index is 1.23. The number of carbonyl (C=O) groups excluding carboxylic acids is 1. The molecule has 4 unspecified atom stereocenters. The summed E-state index contributed by atoms with van der Waals surface area (Å²) in [6.07, 6.45) is 4.30. The maximum absolute atomic E-state index is 13.0. The number of carbonyl (C=O) groups is 1. The molecule has 0 bridgehead atoms. The van der Waals surface area contributed by atoms with Crippen molar-refractivity contribution >= 4 is 27.9 Å². The van der Waals surface area contributed by atoms with Gasteiger partial charge in [0.2, 0.25) is 17.2 Å². The van der Waals surface area contributed by atoms with Crippen molar-refractivity contribution in [3.63, 3.8) is 0 Å². The fraction of sp³-hybridized carbons (Fsp3) is 0.452. The predicted octanol–water partition coefficient (Wildman–Crippen LogP) is 4.92. The van der Waals surface area contributed by atoms with Gasteiger partial charge in [0.25, 0.3) is 0 Å². The van der Waals surface area contributed by atoms with E-state index in [0.29, 0.717) is 19.0 Å². The van der Waals surface area contributed by atoms with Gasteiger partial charge in [-0.2, -0.15) is 4.31 Å². The van der Waals surface area contributed by atoms with E-state index in [0.717, 1.165) is 68.1 Å². The first kappa shape index (κ1) is 27.9. The number of hydrogen-bond donors (Lipinski definition) is 2. The molecule has 0 aliphatic carbocycles. The van der Waals surface area contributed by atoms with E-state index in [4.69, 9.17) is 4.74 Å². The van der Waals surface area contributed by atoms with Gasteiger partial charge in [0.1, 0.15) is 12.7 Å². The van der Waals surface area contributed by atoms with Gasteiger partial charge in [-0.15, -0.1) is 0 Å². The molecule has 2 heterocycles. The van der Waals surface area contributed by atoms with Gasteiger partial charge < -0.3 is 10.1 Å². The highest BCUT2D eigenvalue weighted by molar-refractivity contribution is 7.76.